The van der Waals surface area contributed by atoms with Gasteiger partial charge in [-0.05, 0) is 54.8 Å². The summed E-state index contributed by atoms with van der Waals surface area (Å²) in [7, 11) is 3.43. The maximum atomic E-state index is 13.6. The number of ether oxygens (including phenoxy) is 3. The molecule has 38 heavy (non-hydrogen) atoms. The van der Waals surface area contributed by atoms with E-state index in [0.717, 1.165) is 26.5 Å². The zero-order chi connectivity index (χ0) is 27.1. The second kappa shape index (κ2) is 12.3. The number of hydrogen-bond donors (Lipinski definition) is 1. The van der Waals surface area contributed by atoms with Crippen LogP contribution in [0, 0.1) is 18.3 Å². The first-order valence-corrected chi connectivity index (χ1v) is 13.2. The molecule has 0 saturated heterocycles. The molecular formula is C31H30N2O4S. The van der Waals surface area contributed by atoms with Gasteiger partial charge in [0.05, 0.1) is 49.8 Å². The van der Waals surface area contributed by atoms with Crippen LogP contribution in [0.25, 0.3) is 0 Å². The van der Waals surface area contributed by atoms with E-state index >= 15 is 0 Å². The van der Waals surface area contributed by atoms with Crippen LogP contribution in [0.5, 0.6) is 17.2 Å². The smallest absolute Gasteiger partial charge is 0.149 e. The van der Waals surface area contributed by atoms with E-state index in [-0.39, 0.29) is 6.04 Å². The Morgan fingerprint density at radius 3 is 2.08 bits per heavy atom. The van der Waals surface area contributed by atoms with Crippen LogP contribution in [0.15, 0.2) is 94.7 Å². The summed E-state index contributed by atoms with van der Waals surface area (Å²) in [5.74, 6) is 1.74. The predicted molar refractivity (Wildman–Crippen MR) is 150 cm³/mol. The molecule has 6 nitrogen and oxygen atoms in total. The van der Waals surface area contributed by atoms with Gasteiger partial charge in [-0.25, -0.2) is 4.21 Å². The molecule has 0 aliphatic carbocycles. The average molecular weight is 527 g/mol. The molecule has 0 spiro atoms. The molecule has 4 aromatic carbocycles. The molecular weight excluding hydrogens is 496 g/mol. The predicted octanol–water partition coefficient (Wildman–Crippen LogP) is 6.46. The molecule has 4 rings (SSSR count). The number of benzene rings is 4. The minimum atomic E-state index is -1.34. The molecule has 0 amide bonds. The molecule has 0 aliphatic rings. The summed E-state index contributed by atoms with van der Waals surface area (Å²) in [6.07, 6.45) is 0.526. The first kappa shape index (κ1) is 26.8. The topological polar surface area (TPSA) is 80.6 Å². The highest BCUT2D eigenvalue weighted by molar-refractivity contribution is 7.85. The first-order valence-electron chi connectivity index (χ1n) is 12.1. The molecule has 194 valence electrons. The fourth-order valence-corrected chi connectivity index (χ4v) is 5.46. The lowest BCUT2D eigenvalue weighted by Crippen LogP contribution is -2.16. The third-order valence-corrected chi connectivity index (χ3v) is 7.81. The molecule has 0 heterocycles. The number of nitrogens with zero attached hydrogens (tertiary/aromatic N) is 1. The normalized spacial score (nSPS) is 12.2. The molecule has 0 bridgehead atoms. The van der Waals surface area contributed by atoms with Gasteiger partial charge in [-0.15, -0.1) is 0 Å². The maximum absolute atomic E-state index is 13.6. The van der Waals surface area contributed by atoms with Crippen LogP contribution in [0.3, 0.4) is 0 Å². The average Bonchev–Trinajstić information content (AvgIpc) is 2.97. The van der Waals surface area contributed by atoms with Crippen molar-refractivity contribution in [2.75, 3.05) is 26.6 Å². The molecule has 1 unspecified atom stereocenters. The number of anilines is 1. The highest BCUT2D eigenvalue weighted by atomic mass is 32.2. The summed E-state index contributed by atoms with van der Waals surface area (Å²) >= 11 is 0. The van der Waals surface area contributed by atoms with Crippen molar-refractivity contribution in [3.63, 3.8) is 0 Å². The summed E-state index contributed by atoms with van der Waals surface area (Å²) in [4.78, 5) is 1.51. The van der Waals surface area contributed by atoms with Crippen LogP contribution in [0.2, 0.25) is 0 Å². The SMILES string of the molecule is COc1cc(OC)c(N[C@@H](Cc2ccccc2S(=O)c2ccc(C)cc2)c2ccc(C#N)cc2)c(OC)c1. The van der Waals surface area contributed by atoms with Gasteiger partial charge < -0.3 is 19.5 Å². The Bertz CT molecular complexity index is 1440. The Labute approximate surface area is 226 Å². The molecule has 0 fully saturated rings. The third kappa shape index (κ3) is 5.99. The largest absolute Gasteiger partial charge is 0.496 e. The third-order valence-electron chi connectivity index (χ3n) is 6.31. The fourth-order valence-electron chi connectivity index (χ4n) is 4.23. The minimum Gasteiger partial charge on any atom is -0.496 e. The van der Waals surface area contributed by atoms with Crippen molar-refractivity contribution >= 4 is 16.5 Å². The van der Waals surface area contributed by atoms with Gasteiger partial charge in [0.25, 0.3) is 0 Å². The van der Waals surface area contributed by atoms with Gasteiger partial charge in [-0.2, -0.15) is 5.26 Å². The van der Waals surface area contributed by atoms with Gasteiger partial charge in [0.2, 0.25) is 0 Å². The molecule has 2 atom stereocenters. The molecule has 0 aromatic heterocycles. The van der Waals surface area contributed by atoms with Crippen molar-refractivity contribution < 1.29 is 18.4 Å². The summed E-state index contributed by atoms with van der Waals surface area (Å²) in [5.41, 5.74) is 4.27. The van der Waals surface area contributed by atoms with Gasteiger partial charge in [-0.3, -0.25) is 0 Å². The van der Waals surface area contributed by atoms with Crippen LogP contribution in [-0.4, -0.2) is 25.5 Å². The Balaban J connectivity index is 1.77. The summed E-state index contributed by atoms with van der Waals surface area (Å²) in [5, 5.41) is 12.9. The molecule has 1 N–H and O–H groups in total. The highest BCUT2D eigenvalue weighted by Crippen LogP contribution is 2.41. The molecule has 0 radical (unpaired) electrons. The second-order valence-corrected chi connectivity index (χ2v) is 10.2. The maximum Gasteiger partial charge on any atom is 0.149 e. The fraction of sp³-hybridized carbons (Fsp3) is 0.194. The number of nitriles is 1. The standard InChI is InChI=1S/C31H30N2O4S/c1-21-9-15-26(16-10-21)38(34)30-8-6-5-7-24(30)17-27(23-13-11-22(20-32)12-14-23)33-31-28(36-3)18-25(35-2)19-29(31)37-4/h5-16,18-19,27,33H,17H2,1-4H3/t27-,38?/m0/s1. The zero-order valence-electron chi connectivity index (χ0n) is 21.9. The van der Waals surface area contributed by atoms with E-state index in [1.807, 2.05) is 67.6 Å². The monoisotopic (exact) mass is 526 g/mol. The van der Waals surface area contributed by atoms with Gasteiger partial charge in [-0.1, -0.05) is 48.0 Å². The second-order valence-electron chi connectivity index (χ2n) is 8.73. The Hall–Kier alpha value is -4.28. The van der Waals surface area contributed by atoms with Gasteiger partial charge in [0.1, 0.15) is 22.9 Å². The van der Waals surface area contributed by atoms with Crippen LogP contribution in [0.4, 0.5) is 5.69 Å². The van der Waals surface area contributed by atoms with E-state index in [4.69, 9.17) is 14.2 Å². The number of methoxy groups -OCH3 is 3. The van der Waals surface area contributed by atoms with Crippen molar-refractivity contribution in [1.82, 2.24) is 0 Å². The quantitative estimate of drug-likeness (QED) is 0.256. The number of hydrogen-bond acceptors (Lipinski definition) is 6. The number of aryl methyl sites for hydroxylation is 1. The van der Waals surface area contributed by atoms with E-state index in [0.29, 0.717) is 34.9 Å². The molecule has 7 heteroatoms. The van der Waals surface area contributed by atoms with Crippen molar-refractivity contribution in [2.45, 2.75) is 29.2 Å². The molecule has 4 aromatic rings. The van der Waals surface area contributed by atoms with Crippen molar-refractivity contribution in [3.8, 4) is 23.3 Å². The highest BCUT2D eigenvalue weighted by Gasteiger charge is 2.22. The van der Waals surface area contributed by atoms with Crippen LogP contribution >= 0.6 is 0 Å². The zero-order valence-corrected chi connectivity index (χ0v) is 22.7. The lowest BCUT2D eigenvalue weighted by molar-refractivity contribution is 0.377. The Morgan fingerprint density at radius 1 is 0.868 bits per heavy atom. The molecule has 0 saturated carbocycles. The summed E-state index contributed by atoms with van der Waals surface area (Å²) < 4.78 is 30.4. The van der Waals surface area contributed by atoms with Crippen molar-refractivity contribution in [3.05, 3.63) is 107 Å². The van der Waals surface area contributed by atoms with E-state index in [1.165, 1.54) is 0 Å². The lowest BCUT2D eigenvalue weighted by atomic mass is 9.97. The van der Waals surface area contributed by atoms with Crippen molar-refractivity contribution in [1.29, 1.82) is 5.26 Å². The summed E-state index contributed by atoms with van der Waals surface area (Å²) in [6, 6.07) is 28.5. The molecule has 0 aliphatic heterocycles. The Kier molecular flexibility index (Phi) is 8.67. The Morgan fingerprint density at radius 2 is 1.50 bits per heavy atom. The number of rotatable bonds is 10. The van der Waals surface area contributed by atoms with Gasteiger partial charge in [0.15, 0.2) is 0 Å². The van der Waals surface area contributed by atoms with Crippen molar-refractivity contribution in [2.24, 2.45) is 0 Å². The lowest BCUT2D eigenvalue weighted by Gasteiger charge is -2.25. The minimum absolute atomic E-state index is 0.255. The van der Waals surface area contributed by atoms with Crippen LogP contribution in [-0.2, 0) is 17.2 Å². The van der Waals surface area contributed by atoms with Crippen LogP contribution in [0.1, 0.15) is 28.3 Å². The van der Waals surface area contributed by atoms with E-state index in [9.17, 15) is 9.47 Å². The van der Waals surface area contributed by atoms with E-state index < -0.39 is 10.8 Å². The van der Waals surface area contributed by atoms with Gasteiger partial charge >= 0.3 is 0 Å². The summed E-state index contributed by atoms with van der Waals surface area (Å²) in [6.45, 7) is 2.01. The van der Waals surface area contributed by atoms with Crippen LogP contribution < -0.4 is 19.5 Å². The van der Waals surface area contributed by atoms with E-state index in [1.54, 1.807) is 45.6 Å². The first-order chi connectivity index (χ1) is 18.5. The number of nitrogens with one attached hydrogen (secondary N) is 1. The van der Waals surface area contributed by atoms with Gasteiger partial charge in [0, 0.05) is 21.9 Å². The van der Waals surface area contributed by atoms with E-state index in [2.05, 4.69) is 11.4 Å².